The first kappa shape index (κ1) is 18.8. The molecular formula is C20H31NO3. The fourth-order valence-electron chi connectivity index (χ4n) is 3.05. The van der Waals surface area contributed by atoms with E-state index in [1.165, 1.54) is 0 Å². The summed E-state index contributed by atoms with van der Waals surface area (Å²) in [7, 11) is 0. The number of phenolic OH excluding ortho intramolecular Hbond substituents is 1. The van der Waals surface area contributed by atoms with E-state index >= 15 is 0 Å². The average Bonchev–Trinajstić information content (AvgIpc) is 2.95. The molecule has 4 heteroatoms. The van der Waals surface area contributed by atoms with Gasteiger partial charge in [0.25, 0.3) is 0 Å². The molecule has 0 bridgehead atoms. The van der Waals surface area contributed by atoms with Gasteiger partial charge in [-0.3, -0.25) is 0 Å². The van der Waals surface area contributed by atoms with Gasteiger partial charge >= 0.3 is 5.97 Å². The molecule has 1 aliphatic heterocycles. The molecule has 1 saturated heterocycles. The number of ether oxygens (including phenoxy) is 1. The summed E-state index contributed by atoms with van der Waals surface area (Å²) in [5.74, 6) is -0.0382. The van der Waals surface area contributed by atoms with Crippen LogP contribution in [0.2, 0.25) is 0 Å². The SMILES string of the molecule is CC(C)(C)c1cc(C(=O)OCC2CCCN2)cc(C(C)(C)C)c1O. The van der Waals surface area contributed by atoms with Crippen LogP contribution < -0.4 is 5.32 Å². The number of hydrogen-bond acceptors (Lipinski definition) is 4. The molecule has 0 amide bonds. The molecule has 0 radical (unpaired) electrons. The van der Waals surface area contributed by atoms with Gasteiger partial charge in [0.1, 0.15) is 12.4 Å². The minimum atomic E-state index is -0.320. The molecule has 1 heterocycles. The number of carbonyl (C=O) groups excluding carboxylic acids is 1. The summed E-state index contributed by atoms with van der Waals surface area (Å²) in [6.45, 7) is 13.6. The largest absolute Gasteiger partial charge is 0.507 e. The number of nitrogens with one attached hydrogen (secondary N) is 1. The van der Waals surface area contributed by atoms with Gasteiger partial charge in [-0.1, -0.05) is 41.5 Å². The highest BCUT2D eigenvalue weighted by atomic mass is 16.5. The number of carbonyl (C=O) groups is 1. The van der Waals surface area contributed by atoms with Crippen molar-refractivity contribution in [2.24, 2.45) is 0 Å². The molecule has 1 unspecified atom stereocenters. The summed E-state index contributed by atoms with van der Waals surface area (Å²) >= 11 is 0. The highest BCUT2D eigenvalue weighted by molar-refractivity contribution is 5.90. The van der Waals surface area contributed by atoms with Gasteiger partial charge in [-0.2, -0.15) is 0 Å². The second kappa shape index (κ2) is 6.75. The van der Waals surface area contributed by atoms with Gasteiger partial charge in [0.15, 0.2) is 0 Å². The molecule has 24 heavy (non-hydrogen) atoms. The smallest absolute Gasteiger partial charge is 0.338 e. The Bertz CT molecular complexity index is 567. The predicted molar refractivity (Wildman–Crippen MR) is 96.8 cm³/mol. The fourth-order valence-corrected chi connectivity index (χ4v) is 3.05. The van der Waals surface area contributed by atoms with E-state index in [1.807, 2.05) is 41.5 Å². The number of phenols is 1. The lowest BCUT2D eigenvalue weighted by Crippen LogP contribution is -2.28. The molecule has 4 nitrogen and oxygen atoms in total. The van der Waals surface area contributed by atoms with Crippen LogP contribution in [0, 0.1) is 0 Å². The maximum atomic E-state index is 12.5. The van der Waals surface area contributed by atoms with Crippen molar-refractivity contribution in [1.82, 2.24) is 5.32 Å². The number of esters is 1. The number of benzene rings is 1. The van der Waals surface area contributed by atoms with Gasteiger partial charge in [0.2, 0.25) is 0 Å². The molecule has 1 fully saturated rings. The molecule has 0 aromatic heterocycles. The lowest BCUT2D eigenvalue weighted by molar-refractivity contribution is 0.0473. The number of hydrogen-bond donors (Lipinski definition) is 2. The van der Waals surface area contributed by atoms with Crippen molar-refractivity contribution in [2.45, 2.75) is 71.3 Å². The summed E-state index contributed by atoms with van der Waals surface area (Å²) < 4.78 is 5.50. The van der Waals surface area contributed by atoms with Crippen LogP contribution in [-0.4, -0.2) is 30.3 Å². The van der Waals surface area contributed by atoms with Crippen molar-refractivity contribution >= 4 is 5.97 Å². The van der Waals surface area contributed by atoms with Crippen LogP contribution in [0.4, 0.5) is 0 Å². The van der Waals surface area contributed by atoms with Crippen molar-refractivity contribution in [3.8, 4) is 5.75 Å². The lowest BCUT2D eigenvalue weighted by atomic mass is 9.78. The summed E-state index contributed by atoms with van der Waals surface area (Å²) in [5.41, 5.74) is 1.56. The molecule has 134 valence electrons. The molecular weight excluding hydrogens is 302 g/mol. The quantitative estimate of drug-likeness (QED) is 0.824. The average molecular weight is 333 g/mol. The maximum absolute atomic E-state index is 12.5. The molecule has 2 rings (SSSR count). The van der Waals surface area contributed by atoms with Gasteiger partial charge < -0.3 is 15.2 Å². The Labute approximate surface area is 145 Å². The molecule has 1 atom stereocenters. The Kier molecular flexibility index (Phi) is 5.28. The summed E-state index contributed by atoms with van der Waals surface area (Å²) in [6.07, 6.45) is 2.17. The van der Waals surface area contributed by atoms with Gasteiger partial charge in [0, 0.05) is 17.2 Å². The monoisotopic (exact) mass is 333 g/mol. The molecule has 0 aliphatic carbocycles. The maximum Gasteiger partial charge on any atom is 0.338 e. The van der Waals surface area contributed by atoms with E-state index < -0.39 is 0 Å². The van der Waals surface area contributed by atoms with E-state index in [1.54, 1.807) is 12.1 Å². The summed E-state index contributed by atoms with van der Waals surface area (Å²) in [5, 5.41) is 14.0. The fraction of sp³-hybridized carbons (Fsp3) is 0.650. The predicted octanol–water partition coefficient (Wildman–Crippen LogP) is 3.90. The van der Waals surface area contributed by atoms with Crippen molar-refractivity contribution in [2.75, 3.05) is 13.2 Å². The Hall–Kier alpha value is -1.55. The second-order valence-electron chi connectivity index (χ2n) is 8.81. The molecule has 1 aromatic carbocycles. The van der Waals surface area contributed by atoms with Crippen molar-refractivity contribution in [1.29, 1.82) is 0 Å². The van der Waals surface area contributed by atoms with Gasteiger partial charge in [-0.25, -0.2) is 4.79 Å². The standard InChI is InChI=1S/C20H31NO3/c1-19(2,3)15-10-13(11-16(17(15)22)20(4,5)6)18(23)24-12-14-8-7-9-21-14/h10-11,14,21-22H,7-9,12H2,1-6H3. The molecule has 0 spiro atoms. The summed E-state index contributed by atoms with van der Waals surface area (Å²) in [6, 6.07) is 3.81. The number of rotatable bonds is 3. The van der Waals surface area contributed by atoms with Gasteiger partial charge in [-0.05, 0) is 42.3 Å². The van der Waals surface area contributed by atoms with E-state index in [-0.39, 0.29) is 28.6 Å². The minimum Gasteiger partial charge on any atom is -0.507 e. The zero-order chi connectivity index (χ0) is 18.1. The molecule has 1 aliphatic rings. The molecule has 2 N–H and O–H groups in total. The molecule has 0 saturated carbocycles. The van der Waals surface area contributed by atoms with Gasteiger partial charge in [0.05, 0.1) is 5.56 Å². The van der Waals surface area contributed by atoms with Crippen LogP contribution in [0.3, 0.4) is 0 Å². The van der Waals surface area contributed by atoms with E-state index in [0.717, 1.165) is 30.5 Å². The minimum absolute atomic E-state index is 0.257. The van der Waals surface area contributed by atoms with Crippen LogP contribution in [0.1, 0.15) is 75.9 Å². The third-order valence-corrected chi connectivity index (χ3v) is 4.54. The van der Waals surface area contributed by atoms with Crippen LogP contribution in [-0.2, 0) is 15.6 Å². The van der Waals surface area contributed by atoms with E-state index in [9.17, 15) is 9.90 Å². The Morgan fingerprint density at radius 3 is 2.12 bits per heavy atom. The van der Waals surface area contributed by atoms with Crippen LogP contribution in [0.25, 0.3) is 0 Å². The normalized spacial score (nSPS) is 18.7. The Morgan fingerprint density at radius 2 is 1.71 bits per heavy atom. The highest BCUT2D eigenvalue weighted by Gasteiger charge is 2.28. The van der Waals surface area contributed by atoms with Crippen molar-refractivity contribution in [3.63, 3.8) is 0 Å². The van der Waals surface area contributed by atoms with E-state index in [2.05, 4.69) is 5.32 Å². The first-order chi connectivity index (χ1) is 11.0. The van der Waals surface area contributed by atoms with E-state index in [0.29, 0.717) is 12.2 Å². The van der Waals surface area contributed by atoms with Gasteiger partial charge in [-0.15, -0.1) is 0 Å². The van der Waals surface area contributed by atoms with Crippen molar-refractivity contribution in [3.05, 3.63) is 28.8 Å². The zero-order valence-corrected chi connectivity index (χ0v) is 15.8. The van der Waals surface area contributed by atoms with E-state index in [4.69, 9.17) is 4.74 Å². The first-order valence-electron chi connectivity index (χ1n) is 8.78. The van der Waals surface area contributed by atoms with Crippen LogP contribution in [0.5, 0.6) is 5.75 Å². The Morgan fingerprint density at radius 1 is 1.17 bits per heavy atom. The second-order valence-corrected chi connectivity index (χ2v) is 8.81. The lowest BCUT2D eigenvalue weighted by Gasteiger charge is -2.28. The topological polar surface area (TPSA) is 58.6 Å². The number of aromatic hydroxyl groups is 1. The van der Waals surface area contributed by atoms with Crippen molar-refractivity contribution < 1.29 is 14.6 Å². The zero-order valence-electron chi connectivity index (χ0n) is 15.8. The molecule has 1 aromatic rings. The van der Waals surface area contributed by atoms with Crippen LogP contribution >= 0.6 is 0 Å². The Balaban J connectivity index is 2.33. The highest BCUT2D eigenvalue weighted by Crippen LogP contribution is 2.39. The first-order valence-corrected chi connectivity index (χ1v) is 8.78. The van der Waals surface area contributed by atoms with Crippen LogP contribution in [0.15, 0.2) is 12.1 Å². The third-order valence-electron chi connectivity index (χ3n) is 4.54. The summed E-state index contributed by atoms with van der Waals surface area (Å²) in [4.78, 5) is 12.5. The third kappa shape index (κ3) is 4.29.